The van der Waals surface area contributed by atoms with Crippen LogP contribution in [0, 0.1) is 5.41 Å². The maximum Gasteiger partial charge on any atom is 0.224 e. The van der Waals surface area contributed by atoms with E-state index in [-0.39, 0.29) is 11.3 Å². The summed E-state index contributed by atoms with van der Waals surface area (Å²) in [5, 5.41) is 3.92. The van der Waals surface area contributed by atoms with Gasteiger partial charge in [0.1, 0.15) is 0 Å². The molecule has 1 aromatic rings. The molecule has 0 radical (unpaired) electrons. The summed E-state index contributed by atoms with van der Waals surface area (Å²) in [7, 11) is 0. The summed E-state index contributed by atoms with van der Waals surface area (Å²) < 4.78 is 0. The normalized spacial score (nSPS) is 11.4. The van der Waals surface area contributed by atoms with Crippen LogP contribution in [0.4, 0.5) is 0 Å². The average Bonchev–Trinajstić information content (AvgIpc) is 2.45. The summed E-state index contributed by atoms with van der Waals surface area (Å²) in [5.41, 5.74) is 0.829. The van der Waals surface area contributed by atoms with Gasteiger partial charge in [-0.05, 0) is 30.5 Å². The van der Waals surface area contributed by atoms with E-state index in [9.17, 15) is 4.79 Å². The third-order valence-electron chi connectivity index (χ3n) is 3.79. The van der Waals surface area contributed by atoms with Gasteiger partial charge in [0, 0.05) is 17.8 Å². The van der Waals surface area contributed by atoms with Crippen molar-refractivity contribution in [3.05, 3.63) is 33.8 Å². The Kier molecular flexibility index (Phi) is 7.14. The van der Waals surface area contributed by atoms with Crippen LogP contribution >= 0.6 is 34.8 Å². The Morgan fingerprint density at radius 3 is 2.35 bits per heavy atom. The molecule has 0 unspecified atom stereocenters. The quantitative estimate of drug-likeness (QED) is 0.719. The van der Waals surface area contributed by atoms with Crippen LogP contribution < -0.4 is 5.32 Å². The maximum atomic E-state index is 12.0. The highest BCUT2D eigenvalue weighted by atomic mass is 35.5. The Bertz CT molecular complexity index is 450. The molecule has 1 rings (SSSR count). The Labute approximate surface area is 135 Å². The first kappa shape index (κ1) is 17.6. The van der Waals surface area contributed by atoms with Gasteiger partial charge in [0.15, 0.2) is 0 Å². The van der Waals surface area contributed by atoms with E-state index in [4.69, 9.17) is 34.8 Å². The first-order valence-electron chi connectivity index (χ1n) is 6.73. The SMILES string of the molecule is CCC(CC)(CCl)CNC(=O)Cc1ccc(Cl)c(Cl)c1. The van der Waals surface area contributed by atoms with Gasteiger partial charge in [-0.25, -0.2) is 0 Å². The third-order valence-corrected chi connectivity index (χ3v) is 5.10. The highest BCUT2D eigenvalue weighted by Gasteiger charge is 2.25. The van der Waals surface area contributed by atoms with Crippen LogP contribution in [-0.4, -0.2) is 18.3 Å². The highest BCUT2D eigenvalue weighted by Crippen LogP contribution is 2.27. The molecule has 0 heterocycles. The molecule has 20 heavy (non-hydrogen) atoms. The van der Waals surface area contributed by atoms with Gasteiger partial charge in [0.2, 0.25) is 5.91 Å². The zero-order valence-corrected chi connectivity index (χ0v) is 14.1. The summed E-state index contributed by atoms with van der Waals surface area (Å²) in [4.78, 5) is 12.0. The molecule has 0 aliphatic rings. The van der Waals surface area contributed by atoms with Crippen molar-refractivity contribution < 1.29 is 4.79 Å². The minimum atomic E-state index is -0.0280. The lowest BCUT2D eigenvalue weighted by Crippen LogP contribution is -2.38. The number of hydrogen-bond donors (Lipinski definition) is 1. The topological polar surface area (TPSA) is 29.1 Å². The zero-order valence-electron chi connectivity index (χ0n) is 11.8. The largest absolute Gasteiger partial charge is 0.355 e. The number of amides is 1. The van der Waals surface area contributed by atoms with Gasteiger partial charge in [-0.3, -0.25) is 4.79 Å². The Morgan fingerprint density at radius 2 is 1.85 bits per heavy atom. The van der Waals surface area contributed by atoms with Crippen LogP contribution in [0.5, 0.6) is 0 Å². The molecule has 0 atom stereocenters. The van der Waals surface area contributed by atoms with E-state index in [1.54, 1.807) is 12.1 Å². The zero-order chi connectivity index (χ0) is 15.2. The van der Waals surface area contributed by atoms with E-state index in [1.807, 2.05) is 6.07 Å². The number of carbonyl (C=O) groups is 1. The van der Waals surface area contributed by atoms with Crippen molar-refractivity contribution in [3.63, 3.8) is 0 Å². The van der Waals surface area contributed by atoms with Crippen molar-refractivity contribution in [1.82, 2.24) is 5.32 Å². The molecule has 0 aromatic heterocycles. The molecule has 0 spiro atoms. The Morgan fingerprint density at radius 1 is 1.20 bits per heavy atom. The predicted octanol–water partition coefficient (Wildman–Crippen LogP) is 4.70. The van der Waals surface area contributed by atoms with Gasteiger partial charge in [0.05, 0.1) is 16.5 Å². The molecule has 112 valence electrons. The molecule has 2 nitrogen and oxygen atoms in total. The number of carbonyl (C=O) groups excluding carboxylic acids is 1. The second-order valence-corrected chi connectivity index (χ2v) is 6.12. The lowest BCUT2D eigenvalue weighted by atomic mass is 9.84. The number of halogens is 3. The van der Waals surface area contributed by atoms with E-state index in [0.717, 1.165) is 18.4 Å². The summed E-state index contributed by atoms with van der Waals surface area (Å²) in [5.74, 6) is 0.521. The summed E-state index contributed by atoms with van der Waals surface area (Å²) in [6.07, 6.45) is 2.18. The van der Waals surface area contributed by atoms with E-state index in [1.165, 1.54) is 0 Å². The fraction of sp³-hybridized carbons (Fsp3) is 0.533. The van der Waals surface area contributed by atoms with Crippen molar-refractivity contribution in [1.29, 1.82) is 0 Å². The van der Waals surface area contributed by atoms with Crippen molar-refractivity contribution in [2.24, 2.45) is 5.41 Å². The molecule has 1 aromatic carbocycles. The summed E-state index contributed by atoms with van der Waals surface area (Å²) in [6.45, 7) is 4.79. The van der Waals surface area contributed by atoms with Crippen LogP contribution in [-0.2, 0) is 11.2 Å². The van der Waals surface area contributed by atoms with Crippen LogP contribution in [0.25, 0.3) is 0 Å². The van der Waals surface area contributed by atoms with E-state index >= 15 is 0 Å². The van der Waals surface area contributed by atoms with Gasteiger partial charge in [-0.15, -0.1) is 11.6 Å². The van der Waals surface area contributed by atoms with Gasteiger partial charge < -0.3 is 5.32 Å². The minimum absolute atomic E-state index is 0.0190. The predicted molar refractivity (Wildman–Crippen MR) is 86.9 cm³/mol. The third kappa shape index (κ3) is 4.83. The van der Waals surface area contributed by atoms with Crippen LogP contribution in [0.15, 0.2) is 18.2 Å². The molecule has 1 N–H and O–H groups in total. The lowest BCUT2D eigenvalue weighted by Gasteiger charge is -2.29. The lowest BCUT2D eigenvalue weighted by molar-refractivity contribution is -0.120. The van der Waals surface area contributed by atoms with Crippen LogP contribution in [0.1, 0.15) is 32.3 Å². The van der Waals surface area contributed by atoms with E-state index in [0.29, 0.717) is 28.9 Å². The second kappa shape index (κ2) is 8.11. The number of nitrogens with one attached hydrogen (secondary N) is 1. The molecular formula is C15H20Cl3NO. The second-order valence-electron chi connectivity index (χ2n) is 5.04. The molecule has 0 saturated carbocycles. The van der Waals surface area contributed by atoms with Gasteiger partial charge in [-0.2, -0.15) is 0 Å². The standard InChI is InChI=1S/C15H20Cl3NO/c1-3-15(4-2,9-16)10-19-14(20)8-11-5-6-12(17)13(18)7-11/h5-7H,3-4,8-10H2,1-2H3,(H,19,20). The number of alkyl halides is 1. The highest BCUT2D eigenvalue weighted by molar-refractivity contribution is 6.42. The number of hydrogen-bond acceptors (Lipinski definition) is 1. The van der Waals surface area contributed by atoms with Gasteiger partial charge in [-0.1, -0.05) is 43.1 Å². The van der Waals surface area contributed by atoms with Crippen molar-refractivity contribution in [2.45, 2.75) is 33.1 Å². The molecule has 0 fully saturated rings. The van der Waals surface area contributed by atoms with Gasteiger partial charge in [0.25, 0.3) is 0 Å². The molecule has 0 bridgehead atoms. The van der Waals surface area contributed by atoms with E-state index in [2.05, 4.69) is 19.2 Å². The number of rotatable bonds is 7. The minimum Gasteiger partial charge on any atom is -0.355 e. The molecule has 0 saturated heterocycles. The molecular weight excluding hydrogens is 317 g/mol. The van der Waals surface area contributed by atoms with E-state index < -0.39 is 0 Å². The van der Waals surface area contributed by atoms with Gasteiger partial charge >= 0.3 is 0 Å². The summed E-state index contributed by atoms with van der Waals surface area (Å²) >= 11 is 17.8. The smallest absolute Gasteiger partial charge is 0.224 e. The van der Waals surface area contributed by atoms with Crippen LogP contribution in [0.2, 0.25) is 10.0 Å². The molecule has 1 amide bonds. The van der Waals surface area contributed by atoms with Crippen molar-refractivity contribution in [2.75, 3.05) is 12.4 Å². The molecule has 0 aliphatic carbocycles. The molecule has 0 aliphatic heterocycles. The maximum absolute atomic E-state index is 12.0. The fourth-order valence-corrected chi connectivity index (χ4v) is 2.71. The van der Waals surface area contributed by atoms with Crippen molar-refractivity contribution >= 4 is 40.7 Å². The average molecular weight is 337 g/mol. The fourth-order valence-electron chi connectivity index (χ4n) is 1.92. The summed E-state index contributed by atoms with van der Waals surface area (Å²) in [6, 6.07) is 5.23. The Balaban J connectivity index is 2.57. The monoisotopic (exact) mass is 335 g/mol. The first-order chi connectivity index (χ1) is 9.46. The Hall–Kier alpha value is -0.440. The number of benzene rings is 1. The molecule has 5 heteroatoms. The van der Waals surface area contributed by atoms with Crippen LogP contribution in [0.3, 0.4) is 0 Å². The first-order valence-corrected chi connectivity index (χ1v) is 8.02. The van der Waals surface area contributed by atoms with Crippen molar-refractivity contribution in [3.8, 4) is 0 Å².